The van der Waals surface area contributed by atoms with Gasteiger partial charge in [0.15, 0.2) is 25.5 Å². The molecule has 1 unspecified atom stereocenters. The van der Waals surface area contributed by atoms with Gasteiger partial charge in [0.25, 0.3) is 0 Å². The molecule has 1 aromatic heterocycles. The van der Waals surface area contributed by atoms with E-state index in [0.29, 0.717) is 17.5 Å². The summed E-state index contributed by atoms with van der Waals surface area (Å²) in [7, 11) is -2.68. The van der Waals surface area contributed by atoms with Crippen molar-refractivity contribution in [2.75, 3.05) is 0 Å². The largest absolute Gasteiger partial charge is 0.208 e. The van der Waals surface area contributed by atoms with Gasteiger partial charge in [0.1, 0.15) is 0 Å². The minimum Gasteiger partial charge on any atom is -0.208 e. The van der Waals surface area contributed by atoms with E-state index in [0.717, 1.165) is 16.7 Å². The highest BCUT2D eigenvalue weighted by atomic mass is 32.2. The molecule has 0 aliphatic carbocycles. The van der Waals surface area contributed by atoms with Crippen molar-refractivity contribution in [2.45, 2.75) is 19.6 Å². The van der Waals surface area contributed by atoms with Crippen LogP contribution in [0, 0.1) is 0 Å². The Labute approximate surface area is 271 Å². The third-order valence-corrected chi connectivity index (χ3v) is 16.7. The molecular formula is C39H25N3S2Si. The van der Waals surface area contributed by atoms with Gasteiger partial charge in [-0.05, 0) is 45.0 Å². The molecule has 45 heavy (non-hydrogen) atoms. The molecule has 6 heteroatoms. The molecule has 0 radical (unpaired) electrons. The second-order valence-corrected chi connectivity index (χ2v) is 17.0. The zero-order chi connectivity index (χ0) is 29.8. The topological polar surface area (TPSA) is 38.7 Å². The minimum absolute atomic E-state index is 0.678. The predicted octanol–water partition coefficient (Wildman–Crippen LogP) is 7.18. The summed E-state index contributed by atoms with van der Waals surface area (Å²) in [5.41, 5.74) is 3.00. The molecule has 0 bridgehead atoms. The van der Waals surface area contributed by atoms with Gasteiger partial charge in [-0.15, -0.1) is 0 Å². The van der Waals surface area contributed by atoms with Gasteiger partial charge in [-0.2, -0.15) is 0 Å². The Hall–Kier alpha value is -4.75. The highest BCUT2D eigenvalue weighted by molar-refractivity contribution is 8.01. The normalized spacial score (nSPS) is 15.9. The van der Waals surface area contributed by atoms with Gasteiger partial charge in [0, 0.05) is 36.3 Å². The van der Waals surface area contributed by atoms with Crippen LogP contribution in [-0.4, -0.2) is 23.0 Å². The number of benzene rings is 6. The number of fused-ring (bicyclic) bond motifs is 4. The minimum atomic E-state index is -2.68. The molecule has 0 N–H and O–H groups in total. The number of aromatic nitrogens is 3. The molecule has 0 saturated carbocycles. The summed E-state index contributed by atoms with van der Waals surface area (Å²) < 4.78 is 0. The summed E-state index contributed by atoms with van der Waals surface area (Å²) in [6.07, 6.45) is 0. The molecule has 0 fully saturated rings. The van der Waals surface area contributed by atoms with Crippen molar-refractivity contribution in [3.63, 3.8) is 0 Å². The van der Waals surface area contributed by atoms with Crippen LogP contribution in [0.25, 0.3) is 34.2 Å². The molecule has 212 valence electrons. The van der Waals surface area contributed by atoms with Crippen molar-refractivity contribution in [3.05, 3.63) is 152 Å². The maximum absolute atomic E-state index is 5.17. The Morgan fingerprint density at radius 1 is 0.400 bits per heavy atom. The third kappa shape index (κ3) is 4.17. The molecule has 0 saturated heterocycles. The van der Waals surface area contributed by atoms with E-state index in [4.69, 9.17) is 15.0 Å². The zero-order valence-electron chi connectivity index (χ0n) is 24.1. The van der Waals surface area contributed by atoms with Crippen molar-refractivity contribution >= 4 is 52.3 Å². The van der Waals surface area contributed by atoms with Crippen LogP contribution in [0.2, 0.25) is 0 Å². The van der Waals surface area contributed by atoms with Gasteiger partial charge < -0.3 is 0 Å². The second kappa shape index (κ2) is 10.7. The van der Waals surface area contributed by atoms with E-state index < -0.39 is 8.07 Å². The molecule has 1 atom stereocenters. The van der Waals surface area contributed by atoms with E-state index in [1.165, 1.54) is 40.3 Å². The van der Waals surface area contributed by atoms with Crippen LogP contribution in [0.15, 0.2) is 171 Å². The Morgan fingerprint density at radius 3 is 1.49 bits per heavy atom. The standard InChI is InChI=1S/C39H25N3S2Si/c1-4-14-26(15-5-1)37-40-38(27-16-6-2-7-17-27)42-39(41-37)29-24-25-32-36-35(29)44-31-21-11-13-23-34(31)45(36,28-18-8-3-9-19-28)33-22-12-10-20-30(33)43-32/h1-25H. The highest BCUT2D eigenvalue weighted by Crippen LogP contribution is 2.45. The van der Waals surface area contributed by atoms with Crippen LogP contribution in [0.5, 0.6) is 0 Å². The van der Waals surface area contributed by atoms with E-state index in [2.05, 4.69) is 115 Å². The molecular weight excluding hydrogens is 603 g/mol. The van der Waals surface area contributed by atoms with E-state index in [1.807, 2.05) is 59.9 Å². The van der Waals surface area contributed by atoms with Crippen molar-refractivity contribution in [2.24, 2.45) is 0 Å². The summed E-state index contributed by atoms with van der Waals surface area (Å²) in [5.74, 6) is 2.06. The quantitative estimate of drug-likeness (QED) is 0.193. The first-order valence-corrected chi connectivity index (χ1v) is 18.6. The first kappa shape index (κ1) is 26.6. The van der Waals surface area contributed by atoms with Gasteiger partial charge >= 0.3 is 0 Å². The van der Waals surface area contributed by atoms with E-state index >= 15 is 0 Å². The Bertz CT molecular complexity index is 2160. The van der Waals surface area contributed by atoms with Crippen LogP contribution in [0.4, 0.5) is 0 Å². The molecule has 0 amide bonds. The summed E-state index contributed by atoms with van der Waals surface area (Å²) in [5, 5.41) is 5.74. The maximum Gasteiger partial charge on any atom is 0.184 e. The Balaban J connectivity index is 1.37. The fraction of sp³-hybridized carbons (Fsp3) is 0. The average molecular weight is 628 g/mol. The van der Waals surface area contributed by atoms with Crippen LogP contribution in [0.1, 0.15) is 0 Å². The van der Waals surface area contributed by atoms with Gasteiger partial charge in [0.05, 0.1) is 0 Å². The number of nitrogens with zero attached hydrogens (tertiary/aromatic N) is 3. The first-order chi connectivity index (χ1) is 22.3. The summed E-state index contributed by atoms with van der Waals surface area (Å²) in [4.78, 5) is 20.6. The fourth-order valence-corrected chi connectivity index (χ4v) is 16.1. The summed E-state index contributed by atoms with van der Waals surface area (Å²) >= 11 is 3.75. The number of hydrogen-bond acceptors (Lipinski definition) is 5. The zero-order valence-corrected chi connectivity index (χ0v) is 26.7. The van der Waals surface area contributed by atoms with Gasteiger partial charge in [-0.3, -0.25) is 0 Å². The van der Waals surface area contributed by atoms with Crippen molar-refractivity contribution in [1.29, 1.82) is 0 Å². The molecule has 3 heterocycles. The molecule has 6 aromatic carbocycles. The number of hydrogen-bond donors (Lipinski definition) is 0. The lowest BCUT2D eigenvalue weighted by Gasteiger charge is -2.44. The van der Waals surface area contributed by atoms with Crippen molar-refractivity contribution < 1.29 is 0 Å². The van der Waals surface area contributed by atoms with E-state index in [1.54, 1.807) is 0 Å². The van der Waals surface area contributed by atoms with Crippen LogP contribution < -0.4 is 20.7 Å². The second-order valence-electron chi connectivity index (χ2n) is 11.2. The monoisotopic (exact) mass is 627 g/mol. The predicted molar refractivity (Wildman–Crippen MR) is 188 cm³/mol. The van der Waals surface area contributed by atoms with Crippen LogP contribution in [0.3, 0.4) is 0 Å². The van der Waals surface area contributed by atoms with Crippen LogP contribution in [-0.2, 0) is 0 Å². The van der Waals surface area contributed by atoms with E-state index in [9.17, 15) is 0 Å². The lowest BCUT2D eigenvalue weighted by molar-refractivity contribution is 1.07. The van der Waals surface area contributed by atoms with Crippen molar-refractivity contribution in [1.82, 2.24) is 15.0 Å². The maximum atomic E-state index is 5.17. The molecule has 3 nitrogen and oxygen atoms in total. The lowest BCUT2D eigenvalue weighted by atomic mass is 10.1. The fourth-order valence-electron chi connectivity index (χ4n) is 6.73. The van der Waals surface area contributed by atoms with Gasteiger partial charge in [-0.1, -0.05) is 151 Å². The molecule has 9 rings (SSSR count). The average Bonchev–Trinajstić information content (AvgIpc) is 3.12. The molecule has 2 aliphatic heterocycles. The van der Waals surface area contributed by atoms with Crippen molar-refractivity contribution in [3.8, 4) is 34.2 Å². The van der Waals surface area contributed by atoms with Crippen LogP contribution >= 0.6 is 23.5 Å². The first-order valence-electron chi connectivity index (χ1n) is 15.0. The van der Waals surface area contributed by atoms with Gasteiger partial charge in [0.2, 0.25) is 0 Å². The summed E-state index contributed by atoms with van der Waals surface area (Å²) in [6.45, 7) is 0. The van der Waals surface area contributed by atoms with E-state index in [-0.39, 0.29) is 0 Å². The SMILES string of the molecule is c1ccc(-c2nc(-c3ccccc3)nc(-c3ccc4c5c3Sc3ccccc3[Si]5(c3ccccc3)c3ccccc3S4)n2)cc1. The Kier molecular flexibility index (Phi) is 6.33. The smallest absolute Gasteiger partial charge is 0.184 e. The molecule has 7 aromatic rings. The van der Waals surface area contributed by atoms with Gasteiger partial charge in [-0.25, -0.2) is 15.0 Å². The molecule has 0 spiro atoms. The highest BCUT2D eigenvalue weighted by Gasteiger charge is 2.52. The summed E-state index contributed by atoms with van der Waals surface area (Å²) in [6, 6.07) is 54.3. The lowest BCUT2D eigenvalue weighted by Crippen LogP contribution is -2.78. The molecule has 2 aliphatic rings. The number of rotatable bonds is 4. The third-order valence-electron chi connectivity index (χ3n) is 8.66. The Morgan fingerprint density at radius 2 is 0.889 bits per heavy atom.